The van der Waals surface area contributed by atoms with Crippen molar-refractivity contribution < 1.29 is 18.7 Å². The fourth-order valence-electron chi connectivity index (χ4n) is 3.55. The molecule has 1 amide bonds. The number of carbonyl (C=O) groups is 2. The zero-order chi connectivity index (χ0) is 16.0. The Kier molecular flexibility index (Phi) is 3.22. The third-order valence-electron chi connectivity index (χ3n) is 4.65. The second-order valence-corrected chi connectivity index (χ2v) is 5.86. The van der Waals surface area contributed by atoms with E-state index < -0.39 is 0 Å². The van der Waals surface area contributed by atoms with Gasteiger partial charge in [0.05, 0.1) is 30.4 Å². The molecule has 2 atom stereocenters. The topological polar surface area (TPSA) is 59.8 Å². The number of carbonyl (C=O) groups excluding carboxylic acids is 2. The van der Waals surface area contributed by atoms with Crippen LogP contribution in [-0.4, -0.2) is 18.5 Å². The van der Waals surface area contributed by atoms with Gasteiger partial charge in [0.15, 0.2) is 0 Å². The van der Waals surface area contributed by atoms with Crippen molar-refractivity contribution in [2.24, 2.45) is 5.92 Å². The molecule has 1 aromatic carbocycles. The van der Waals surface area contributed by atoms with E-state index in [1.165, 1.54) is 0 Å². The highest BCUT2D eigenvalue weighted by molar-refractivity contribution is 6.04. The molecule has 4 rings (SSSR count). The van der Waals surface area contributed by atoms with E-state index in [9.17, 15) is 9.59 Å². The molecule has 2 heterocycles. The van der Waals surface area contributed by atoms with Crippen molar-refractivity contribution in [2.45, 2.75) is 25.8 Å². The van der Waals surface area contributed by atoms with Crippen LogP contribution < -0.4 is 4.90 Å². The molecule has 23 heavy (non-hydrogen) atoms. The minimum atomic E-state index is -0.346. The number of hydrogen-bond donors (Lipinski definition) is 0. The molecule has 0 radical (unpaired) electrons. The molecule has 118 valence electrons. The molecule has 0 N–H and O–H groups in total. The Balaban J connectivity index is 1.62. The van der Waals surface area contributed by atoms with E-state index in [1.54, 1.807) is 42.4 Å². The van der Waals surface area contributed by atoms with Gasteiger partial charge in [0.1, 0.15) is 5.76 Å². The highest BCUT2D eigenvalue weighted by Gasteiger charge is 2.51. The van der Waals surface area contributed by atoms with E-state index in [1.807, 2.05) is 6.07 Å². The molecule has 2 aromatic rings. The van der Waals surface area contributed by atoms with Gasteiger partial charge in [-0.25, -0.2) is 4.79 Å². The second kappa shape index (κ2) is 5.26. The van der Waals surface area contributed by atoms with Crippen molar-refractivity contribution in [2.75, 3.05) is 11.5 Å². The number of benzene rings is 1. The van der Waals surface area contributed by atoms with Crippen LogP contribution in [0.25, 0.3) is 0 Å². The number of esters is 1. The monoisotopic (exact) mass is 311 g/mol. The zero-order valence-corrected chi connectivity index (χ0v) is 12.8. The molecule has 0 spiro atoms. The molecular weight excluding hydrogens is 294 g/mol. The Bertz CT molecular complexity index is 762. The lowest BCUT2D eigenvalue weighted by Gasteiger charge is -2.49. The number of aryl methyl sites for hydroxylation is 1. The Hall–Kier alpha value is -2.56. The maximum atomic E-state index is 12.5. The number of rotatable bonds is 3. The fraction of sp³-hybridized carbons (Fsp3) is 0.333. The predicted molar refractivity (Wildman–Crippen MR) is 83.1 cm³/mol. The number of amides is 1. The summed E-state index contributed by atoms with van der Waals surface area (Å²) in [5.74, 6) is 0.823. The van der Waals surface area contributed by atoms with Crippen molar-refractivity contribution in [1.82, 2.24) is 0 Å². The van der Waals surface area contributed by atoms with Crippen LogP contribution in [0, 0.1) is 5.92 Å². The van der Waals surface area contributed by atoms with Gasteiger partial charge in [-0.15, -0.1) is 0 Å². The molecule has 5 heteroatoms. The van der Waals surface area contributed by atoms with E-state index in [2.05, 4.69) is 0 Å². The van der Waals surface area contributed by atoms with Crippen LogP contribution in [0.2, 0.25) is 0 Å². The smallest absolute Gasteiger partial charge is 0.338 e. The first-order chi connectivity index (χ1) is 11.2. The van der Waals surface area contributed by atoms with E-state index in [0.717, 1.165) is 29.9 Å². The minimum Gasteiger partial charge on any atom is -0.469 e. The van der Waals surface area contributed by atoms with Crippen LogP contribution in [0.1, 0.15) is 41.1 Å². The van der Waals surface area contributed by atoms with Gasteiger partial charge in [-0.1, -0.05) is 0 Å². The minimum absolute atomic E-state index is 0.0461. The standard InChI is InChI=1S/C18H17NO4/c1-2-22-18(21)11-3-5-12(6-4-11)19-16-13-9-10-23-15(13)8-7-14(16)17(19)20/h3-6,9-10,14,16H,2,7-8H2,1H3/t14-,16+/m0/s1. The molecule has 1 aromatic heterocycles. The van der Waals surface area contributed by atoms with E-state index in [-0.39, 0.29) is 23.8 Å². The Morgan fingerprint density at radius 2 is 2.09 bits per heavy atom. The van der Waals surface area contributed by atoms with Crippen LogP contribution in [0.15, 0.2) is 41.0 Å². The normalized spacial score (nSPS) is 22.1. The summed E-state index contributed by atoms with van der Waals surface area (Å²) in [5, 5.41) is 0. The summed E-state index contributed by atoms with van der Waals surface area (Å²) in [6, 6.07) is 9.01. The summed E-state index contributed by atoms with van der Waals surface area (Å²) in [6.07, 6.45) is 3.35. The first-order valence-corrected chi connectivity index (χ1v) is 7.87. The molecule has 1 aliphatic carbocycles. The summed E-state index contributed by atoms with van der Waals surface area (Å²) in [5.41, 5.74) is 2.40. The van der Waals surface area contributed by atoms with Crippen molar-refractivity contribution in [1.29, 1.82) is 0 Å². The first-order valence-electron chi connectivity index (χ1n) is 7.87. The molecule has 2 aliphatic rings. The number of anilines is 1. The molecule has 0 unspecified atom stereocenters. The third-order valence-corrected chi connectivity index (χ3v) is 4.65. The van der Waals surface area contributed by atoms with Gasteiger partial charge in [0.2, 0.25) is 5.91 Å². The lowest BCUT2D eigenvalue weighted by atomic mass is 9.74. The maximum Gasteiger partial charge on any atom is 0.338 e. The van der Waals surface area contributed by atoms with Gasteiger partial charge in [-0.2, -0.15) is 0 Å². The van der Waals surface area contributed by atoms with Gasteiger partial charge < -0.3 is 14.1 Å². The summed E-state index contributed by atoms with van der Waals surface area (Å²) < 4.78 is 10.5. The number of fused-ring (bicyclic) bond motifs is 3. The zero-order valence-electron chi connectivity index (χ0n) is 12.8. The Labute approximate surface area is 133 Å². The van der Waals surface area contributed by atoms with Crippen molar-refractivity contribution in [3.05, 3.63) is 53.5 Å². The van der Waals surface area contributed by atoms with Gasteiger partial charge >= 0.3 is 5.97 Å². The van der Waals surface area contributed by atoms with Crippen LogP contribution in [0.3, 0.4) is 0 Å². The number of furan rings is 1. The quantitative estimate of drug-likeness (QED) is 0.645. The first kappa shape index (κ1) is 14.1. The van der Waals surface area contributed by atoms with Crippen molar-refractivity contribution in [3.8, 4) is 0 Å². The summed E-state index contributed by atoms with van der Waals surface area (Å²) in [4.78, 5) is 26.0. The number of β-lactam (4-membered cyclic amide) rings is 1. The molecule has 5 nitrogen and oxygen atoms in total. The number of ether oxygens (including phenoxy) is 1. The van der Waals surface area contributed by atoms with Crippen LogP contribution in [0.4, 0.5) is 5.69 Å². The van der Waals surface area contributed by atoms with Crippen molar-refractivity contribution >= 4 is 17.6 Å². The SMILES string of the molecule is CCOC(=O)c1ccc(N2C(=O)[C@H]3CCc4occc4[C@H]32)cc1. The largest absolute Gasteiger partial charge is 0.469 e. The Morgan fingerprint density at radius 1 is 1.30 bits per heavy atom. The highest BCUT2D eigenvalue weighted by Crippen LogP contribution is 2.49. The summed E-state index contributed by atoms with van der Waals surface area (Å²) in [7, 11) is 0. The van der Waals surface area contributed by atoms with Crippen LogP contribution >= 0.6 is 0 Å². The lowest BCUT2D eigenvalue weighted by Crippen LogP contribution is -2.56. The number of nitrogens with zero attached hydrogens (tertiary/aromatic N) is 1. The van der Waals surface area contributed by atoms with E-state index >= 15 is 0 Å². The van der Waals surface area contributed by atoms with E-state index in [4.69, 9.17) is 9.15 Å². The van der Waals surface area contributed by atoms with Crippen LogP contribution in [-0.2, 0) is 16.0 Å². The van der Waals surface area contributed by atoms with Crippen LogP contribution in [0.5, 0.6) is 0 Å². The average molecular weight is 311 g/mol. The van der Waals surface area contributed by atoms with Gasteiger partial charge in [-0.05, 0) is 43.7 Å². The molecule has 1 aliphatic heterocycles. The van der Waals surface area contributed by atoms with E-state index in [0.29, 0.717) is 12.2 Å². The maximum absolute atomic E-state index is 12.5. The molecule has 0 bridgehead atoms. The lowest BCUT2D eigenvalue weighted by molar-refractivity contribution is -0.131. The molecular formula is C18H17NO4. The second-order valence-electron chi connectivity index (χ2n) is 5.86. The van der Waals surface area contributed by atoms with Gasteiger partial charge in [0.25, 0.3) is 0 Å². The fourth-order valence-corrected chi connectivity index (χ4v) is 3.55. The van der Waals surface area contributed by atoms with Gasteiger partial charge in [-0.3, -0.25) is 4.79 Å². The predicted octanol–water partition coefficient (Wildman–Crippen LogP) is 3.11. The molecule has 0 saturated carbocycles. The molecule has 1 saturated heterocycles. The highest BCUT2D eigenvalue weighted by atomic mass is 16.5. The Morgan fingerprint density at radius 3 is 2.83 bits per heavy atom. The van der Waals surface area contributed by atoms with Crippen molar-refractivity contribution in [3.63, 3.8) is 0 Å². The number of hydrogen-bond acceptors (Lipinski definition) is 4. The third kappa shape index (κ3) is 2.07. The van der Waals surface area contributed by atoms with Gasteiger partial charge in [0, 0.05) is 17.7 Å². The average Bonchev–Trinajstić information content (AvgIpc) is 3.03. The summed E-state index contributed by atoms with van der Waals surface area (Å²) in [6.45, 7) is 2.12. The summed E-state index contributed by atoms with van der Waals surface area (Å²) >= 11 is 0. The molecule has 1 fully saturated rings.